The van der Waals surface area contributed by atoms with Crippen LogP contribution < -0.4 is 4.90 Å². The molecule has 1 aromatic carbocycles. The number of para-hydroxylation sites is 1. The third kappa shape index (κ3) is 2.27. The number of nitrogens with zero attached hydrogens (tertiary/aromatic N) is 2. The number of amides is 1. The number of Topliss-reactive ketones (excluding diaryl/α,β-unsaturated/α-hetero) is 1. The van der Waals surface area contributed by atoms with Crippen LogP contribution in [0.5, 0.6) is 0 Å². The molecule has 0 spiro atoms. The van der Waals surface area contributed by atoms with E-state index < -0.39 is 5.92 Å². The van der Waals surface area contributed by atoms with Gasteiger partial charge in [0, 0.05) is 37.3 Å². The number of carbonyl (C=O) groups excluding carboxylic acids is 2. The third-order valence-electron chi connectivity index (χ3n) is 7.85. The van der Waals surface area contributed by atoms with Crippen LogP contribution in [0, 0.1) is 29.6 Å². The molecule has 0 aromatic heterocycles. The van der Waals surface area contributed by atoms with Crippen molar-refractivity contribution in [3.8, 4) is 0 Å². The van der Waals surface area contributed by atoms with Crippen molar-refractivity contribution in [2.45, 2.75) is 40.5 Å². The molecule has 3 aliphatic rings. The Hall–Kier alpha value is -1.84. The van der Waals surface area contributed by atoms with Gasteiger partial charge >= 0.3 is 0 Å². The van der Waals surface area contributed by atoms with Gasteiger partial charge in [0.05, 0.1) is 0 Å². The topological polar surface area (TPSA) is 40.6 Å². The first-order valence-electron chi connectivity index (χ1n) is 9.91. The van der Waals surface area contributed by atoms with E-state index in [0.717, 1.165) is 25.9 Å². The average Bonchev–Trinajstić information content (AvgIpc) is 2.94. The molecule has 0 radical (unpaired) electrons. The van der Waals surface area contributed by atoms with Crippen molar-refractivity contribution in [2.24, 2.45) is 22.7 Å². The molecule has 1 heterocycles. The van der Waals surface area contributed by atoms with E-state index in [2.05, 4.69) is 56.9 Å². The van der Waals surface area contributed by atoms with E-state index in [9.17, 15) is 9.59 Å². The summed E-state index contributed by atoms with van der Waals surface area (Å²) in [4.78, 5) is 30.6. The largest absolute Gasteiger partial charge is 0.368 e. The summed E-state index contributed by atoms with van der Waals surface area (Å²) in [6.07, 6.45) is 1.95. The van der Waals surface area contributed by atoms with E-state index in [1.54, 1.807) is 0 Å². The molecule has 1 saturated heterocycles. The van der Waals surface area contributed by atoms with Crippen molar-refractivity contribution in [1.29, 1.82) is 0 Å². The number of anilines is 1. The summed E-state index contributed by atoms with van der Waals surface area (Å²) in [5, 5.41) is 0. The van der Waals surface area contributed by atoms with Crippen LogP contribution in [0.3, 0.4) is 0 Å². The van der Waals surface area contributed by atoms with Gasteiger partial charge in [-0.3, -0.25) is 9.59 Å². The van der Waals surface area contributed by atoms with E-state index in [4.69, 9.17) is 0 Å². The predicted octanol–water partition coefficient (Wildman–Crippen LogP) is 3.29. The molecule has 2 saturated carbocycles. The minimum atomic E-state index is -0.409. The van der Waals surface area contributed by atoms with Gasteiger partial charge < -0.3 is 9.80 Å². The van der Waals surface area contributed by atoms with Gasteiger partial charge in [0.1, 0.15) is 5.92 Å². The van der Waals surface area contributed by atoms with Crippen molar-refractivity contribution in [1.82, 2.24) is 4.90 Å². The Balaban J connectivity index is 1.47. The molecule has 26 heavy (non-hydrogen) atoms. The molecule has 0 N–H and O–H groups in total. The molecule has 3 fully saturated rings. The second-order valence-electron chi connectivity index (χ2n) is 9.14. The number of rotatable bonds is 2. The van der Waals surface area contributed by atoms with Crippen LogP contribution >= 0.6 is 0 Å². The summed E-state index contributed by atoms with van der Waals surface area (Å²) in [7, 11) is 0. The smallest absolute Gasteiger partial charge is 0.233 e. The number of hydrogen-bond donors (Lipinski definition) is 0. The molecule has 140 valence electrons. The van der Waals surface area contributed by atoms with Crippen molar-refractivity contribution in [3.05, 3.63) is 29.8 Å². The number of ketones is 1. The monoisotopic (exact) mass is 354 g/mol. The number of fused-ring (bicyclic) bond motifs is 2. The van der Waals surface area contributed by atoms with E-state index >= 15 is 0 Å². The second-order valence-corrected chi connectivity index (χ2v) is 9.14. The summed E-state index contributed by atoms with van der Waals surface area (Å²) in [6.45, 7) is 11.7. The lowest BCUT2D eigenvalue weighted by Crippen LogP contribution is -2.52. The third-order valence-corrected chi connectivity index (χ3v) is 7.85. The van der Waals surface area contributed by atoms with Crippen LogP contribution in [0.15, 0.2) is 24.3 Å². The first kappa shape index (κ1) is 17.6. The summed E-state index contributed by atoms with van der Waals surface area (Å²) < 4.78 is 0. The van der Waals surface area contributed by atoms with Gasteiger partial charge in [-0.1, -0.05) is 39.0 Å². The number of piperazine rings is 1. The van der Waals surface area contributed by atoms with Gasteiger partial charge in [-0.05, 0) is 42.7 Å². The lowest BCUT2D eigenvalue weighted by Gasteiger charge is -2.38. The highest BCUT2D eigenvalue weighted by atomic mass is 16.2. The minimum absolute atomic E-state index is 0.0621. The van der Waals surface area contributed by atoms with Crippen LogP contribution in [0.4, 0.5) is 5.69 Å². The molecule has 1 aromatic rings. The molecular formula is C22H30N2O2. The highest BCUT2D eigenvalue weighted by Crippen LogP contribution is 2.65. The molecule has 2 aliphatic carbocycles. The van der Waals surface area contributed by atoms with Gasteiger partial charge in [0.25, 0.3) is 0 Å². The molecular weight excluding hydrogens is 324 g/mol. The molecule has 1 amide bonds. The Morgan fingerprint density at radius 2 is 1.73 bits per heavy atom. The van der Waals surface area contributed by atoms with Crippen molar-refractivity contribution in [2.75, 3.05) is 31.1 Å². The number of benzene rings is 1. The van der Waals surface area contributed by atoms with Crippen LogP contribution in [-0.2, 0) is 9.59 Å². The van der Waals surface area contributed by atoms with E-state index in [1.807, 2.05) is 4.90 Å². The fourth-order valence-corrected chi connectivity index (χ4v) is 5.65. The number of aryl methyl sites for hydroxylation is 1. The normalized spacial score (nSPS) is 33.0. The zero-order valence-corrected chi connectivity index (χ0v) is 16.4. The summed E-state index contributed by atoms with van der Waals surface area (Å²) in [6, 6.07) is 8.40. The Morgan fingerprint density at radius 1 is 1.08 bits per heavy atom. The lowest BCUT2D eigenvalue weighted by molar-refractivity contribution is -0.145. The fourth-order valence-electron chi connectivity index (χ4n) is 5.65. The molecule has 3 atom stereocenters. The highest BCUT2D eigenvalue weighted by molar-refractivity contribution is 6.07. The molecule has 2 bridgehead atoms. The van der Waals surface area contributed by atoms with Gasteiger partial charge in [0.15, 0.2) is 5.78 Å². The highest BCUT2D eigenvalue weighted by Gasteiger charge is 2.68. The standard InChI is InChI=1S/C22H30N2O2/c1-15-7-5-6-8-17(15)23-11-13-24(14-12-23)20(26)18-16-9-10-22(4,19(18)25)21(16,2)3/h5-8,16,18H,9-14H2,1-4H3/t16-,18-,22+/m1/s1. The summed E-state index contributed by atoms with van der Waals surface area (Å²) in [5.41, 5.74) is 2.14. The Kier molecular flexibility index (Phi) is 3.94. The van der Waals surface area contributed by atoms with Crippen molar-refractivity contribution >= 4 is 17.4 Å². The Labute approximate surface area is 156 Å². The Morgan fingerprint density at radius 3 is 2.31 bits per heavy atom. The average molecular weight is 354 g/mol. The quantitative estimate of drug-likeness (QED) is 0.765. The summed E-state index contributed by atoms with van der Waals surface area (Å²) in [5.74, 6) is 0.0849. The predicted molar refractivity (Wildman–Crippen MR) is 103 cm³/mol. The van der Waals surface area contributed by atoms with Crippen LogP contribution in [0.1, 0.15) is 39.2 Å². The first-order valence-corrected chi connectivity index (χ1v) is 9.91. The maximum atomic E-state index is 13.2. The summed E-state index contributed by atoms with van der Waals surface area (Å²) >= 11 is 0. The van der Waals surface area contributed by atoms with Gasteiger partial charge in [0.2, 0.25) is 5.91 Å². The van der Waals surface area contributed by atoms with Crippen LogP contribution in [-0.4, -0.2) is 42.8 Å². The molecule has 4 nitrogen and oxygen atoms in total. The Bertz CT molecular complexity index is 748. The molecule has 4 rings (SSSR count). The SMILES string of the molecule is Cc1ccccc1N1CCN(C(=O)[C@H]2C(=O)[C@]3(C)CC[C@H]2C3(C)C)CC1. The van der Waals surface area contributed by atoms with Crippen LogP contribution in [0.2, 0.25) is 0 Å². The van der Waals surface area contributed by atoms with Gasteiger partial charge in [-0.15, -0.1) is 0 Å². The van der Waals surface area contributed by atoms with E-state index in [0.29, 0.717) is 13.1 Å². The van der Waals surface area contributed by atoms with E-state index in [1.165, 1.54) is 11.3 Å². The molecule has 0 unspecified atom stereocenters. The van der Waals surface area contributed by atoms with Gasteiger partial charge in [-0.2, -0.15) is 0 Å². The maximum Gasteiger partial charge on any atom is 0.233 e. The number of carbonyl (C=O) groups is 2. The first-order chi connectivity index (χ1) is 12.3. The van der Waals surface area contributed by atoms with Crippen LogP contribution in [0.25, 0.3) is 0 Å². The van der Waals surface area contributed by atoms with Gasteiger partial charge in [-0.25, -0.2) is 0 Å². The number of hydrogen-bond acceptors (Lipinski definition) is 3. The van der Waals surface area contributed by atoms with E-state index in [-0.39, 0.29) is 28.4 Å². The zero-order valence-electron chi connectivity index (χ0n) is 16.4. The lowest BCUT2D eigenvalue weighted by atomic mass is 9.70. The molecule has 1 aliphatic heterocycles. The fraction of sp³-hybridized carbons (Fsp3) is 0.636. The van der Waals surface area contributed by atoms with Crippen molar-refractivity contribution in [3.63, 3.8) is 0 Å². The second kappa shape index (κ2) is 5.83. The maximum absolute atomic E-state index is 13.2. The van der Waals surface area contributed by atoms with Crippen molar-refractivity contribution < 1.29 is 9.59 Å². The zero-order chi connectivity index (χ0) is 18.7. The minimum Gasteiger partial charge on any atom is -0.368 e. The molecule has 4 heteroatoms.